The number of aromatic nitrogens is 2. The van der Waals surface area contributed by atoms with Crippen LogP contribution in [-0.4, -0.2) is 9.55 Å². The Bertz CT molecular complexity index is 945. The van der Waals surface area contributed by atoms with Crippen LogP contribution in [0.5, 0.6) is 0 Å². The van der Waals surface area contributed by atoms with E-state index in [1.54, 1.807) is 6.92 Å². The molecule has 2 heterocycles. The molecule has 0 unspecified atom stereocenters. The van der Waals surface area contributed by atoms with Crippen molar-refractivity contribution in [3.05, 3.63) is 63.6 Å². The highest BCUT2D eigenvalue weighted by atomic mass is 35.5. The van der Waals surface area contributed by atoms with E-state index in [2.05, 4.69) is 4.98 Å². The first-order chi connectivity index (χ1) is 11.4. The van der Waals surface area contributed by atoms with Crippen molar-refractivity contribution in [1.29, 1.82) is 0 Å². The number of oxazole rings is 1. The Morgan fingerprint density at radius 2 is 1.88 bits per heavy atom. The molecule has 0 spiro atoms. The highest BCUT2D eigenvalue weighted by Crippen LogP contribution is 2.36. The van der Waals surface area contributed by atoms with Crippen molar-refractivity contribution in [2.45, 2.75) is 13.5 Å². The second-order valence-corrected chi connectivity index (χ2v) is 5.32. The molecule has 8 heteroatoms. The van der Waals surface area contributed by atoms with Crippen molar-refractivity contribution < 1.29 is 17.6 Å². The van der Waals surface area contributed by atoms with Gasteiger partial charge in [0.25, 0.3) is 5.56 Å². The summed E-state index contributed by atoms with van der Waals surface area (Å²) in [6, 6.07) is 2.33. The van der Waals surface area contributed by atoms with Gasteiger partial charge in [-0.05, 0) is 13.0 Å². The maximum absolute atomic E-state index is 14.3. The molecular formula is C16H10ClF3N2O2. The van der Waals surface area contributed by atoms with Crippen molar-refractivity contribution in [1.82, 2.24) is 9.55 Å². The van der Waals surface area contributed by atoms with E-state index in [4.69, 9.17) is 16.0 Å². The van der Waals surface area contributed by atoms with Gasteiger partial charge in [0.15, 0.2) is 12.2 Å². The number of benzene rings is 1. The van der Waals surface area contributed by atoms with E-state index in [0.717, 1.165) is 11.0 Å². The predicted molar refractivity (Wildman–Crippen MR) is 82.2 cm³/mol. The molecule has 0 aliphatic heterocycles. The van der Waals surface area contributed by atoms with E-state index >= 15 is 0 Å². The topological polar surface area (TPSA) is 48.0 Å². The summed E-state index contributed by atoms with van der Waals surface area (Å²) in [6.45, 7) is 1.71. The summed E-state index contributed by atoms with van der Waals surface area (Å²) >= 11 is 5.94. The normalized spacial score (nSPS) is 11.0. The SMILES string of the molecule is CCn1c(-c2c(F)cc(F)cc2F)c(-c2cnco2)cc(Cl)c1=O. The van der Waals surface area contributed by atoms with Gasteiger partial charge in [-0.3, -0.25) is 4.79 Å². The van der Waals surface area contributed by atoms with Crippen LogP contribution < -0.4 is 5.56 Å². The molecule has 0 fully saturated rings. The van der Waals surface area contributed by atoms with E-state index in [-0.39, 0.29) is 28.6 Å². The first kappa shape index (κ1) is 16.3. The Hall–Kier alpha value is -2.54. The molecule has 2 aromatic heterocycles. The third-order valence-electron chi connectivity index (χ3n) is 3.50. The number of rotatable bonds is 3. The van der Waals surface area contributed by atoms with Crippen LogP contribution in [0.2, 0.25) is 5.02 Å². The second-order valence-electron chi connectivity index (χ2n) is 4.91. The van der Waals surface area contributed by atoms with Crippen LogP contribution in [0.15, 0.2) is 40.0 Å². The number of hydrogen-bond acceptors (Lipinski definition) is 3. The number of pyridine rings is 1. The van der Waals surface area contributed by atoms with Crippen LogP contribution in [0.3, 0.4) is 0 Å². The molecule has 0 saturated carbocycles. The molecule has 0 N–H and O–H groups in total. The zero-order valence-corrected chi connectivity index (χ0v) is 13.1. The summed E-state index contributed by atoms with van der Waals surface area (Å²) in [4.78, 5) is 16.0. The first-order valence-corrected chi connectivity index (χ1v) is 7.29. The van der Waals surface area contributed by atoms with Gasteiger partial charge in [0.2, 0.25) is 0 Å². The van der Waals surface area contributed by atoms with Crippen molar-refractivity contribution in [3.8, 4) is 22.6 Å². The van der Waals surface area contributed by atoms with Crippen LogP contribution in [-0.2, 0) is 6.54 Å². The number of hydrogen-bond donors (Lipinski definition) is 0. The first-order valence-electron chi connectivity index (χ1n) is 6.91. The summed E-state index contributed by atoms with van der Waals surface area (Å²) in [5.41, 5.74) is -1.10. The van der Waals surface area contributed by atoms with Gasteiger partial charge in [-0.25, -0.2) is 18.2 Å². The molecule has 0 aliphatic carbocycles. The van der Waals surface area contributed by atoms with Crippen molar-refractivity contribution in [3.63, 3.8) is 0 Å². The van der Waals surface area contributed by atoms with Crippen LogP contribution in [0.25, 0.3) is 22.6 Å². The lowest BCUT2D eigenvalue weighted by Crippen LogP contribution is -2.23. The molecule has 3 rings (SSSR count). The molecule has 0 amide bonds. The minimum absolute atomic E-state index is 0.0894. The maximum Gasteiger partial charge on any atom is 0.269 e. The number of halogens is 4. The fourth-order valence-corrected chi connectivity index (χ4v) is 2.72. The summed E-state index contributed by atoms with van der Waals surface area (Å²) < 4.78 is 48.1. The maximum atomic E-state index is 14.3. The summed E-state index contributed by atoms with van der Waals surface area (Å²) in [5, 5.41) is -0.144. The molecule has 0 bridgehead atoms. The average Bonchev–Trinajstić information content (AvgIpc) is 3.04. The lowest BCUT2D eigenvalue weighted by Gasteiger charge is -2.17. The summed E-state index contributed by atoms with van der Waals surface area (Å²) in [5.74, 6) is -3.18. The molecule has 1 aromatic carbocycles. The lowest BCUT2D eigenvalue weighted by molar-refractivity contribution is 0.544. The quantitative estimate of drug-likeness (QED) is 0.706. The van der Waals surface area contributed by atoms with Crippen LogP contribution in [0.1, 0.15) is 6.92 Å². The van der Waals surface area contributed by atoms with Crippen LogP contribution in [0, 0.1) is 17.5 Å². The Morgan fingerprint density at radius 1 is 1.21 bits per heavy atom. The molecule has 124 valence electrons. The van der Waals surface area contributed by atoms with Crippen LogP contribution >= 0.6 is 11.6 Å². The molecule has 0 radical (unpaired) electrons. The van der Waals surface area contributed by atoms with E-state index < -0.39 is 28.6 Å². The zero-order valence-electron chi connectivity index (χ0n) is 12.3. The van der Waals surface area contributed by atoms with E-state index in [0.29, 0.717) is 12.1 Å². The smallest absolute Gasteiger partial charge is 0.269 e. The van der Waals surface area contributed by atoms with Crippen molar-refractivity contribution in [2.24, 2.45) is 0 Å². The lowest BCUT2D eigenvalue weighted by atomic mass is 10.0. The Labute approximate surface area is 139 Å². The summed E-state index contributed by atoms with van der Waals surface area (Å²) in [6.07, 6.45) is 2.45. The van der Waals surface area contributed by atoms with Gasteiger partial charge in [0, 0.05) is 24.2 Å². The number of nitrogens with zero attached hydrogens (tertiary/aromatic N) is 2. The van der Waals surface area contributed by atoms with E-state index in [9.17, 15) is 18.0 Å². The third kappa shape index (κ3) is 2.60. The molecule has 24 heavy (non-hydrogen) atoms. The van der Waals surface area contributed by atoms with Crippen molar-refractivity contribution >= 4 is 11.6 Å². The Morgan fingerprint density at radius 3 is 2.42 bits per heavy atom. The van der Waals surface area contributed by atoms with Gasteiger partial charge in [-0.1, -0.05) is 11.6 Å². The third-order valence-corrected chi connectivity index (χ3v) is 3.77. The minimum atomic E-state index is -1.14. The molecule has 0 saturated heterocycles. The van der Waals surface area contributed by atoms with Gasteiger partial charge in [0.05, 0.1) is 17.5 Å². The van der Waals surface area contributed by atoms with E-state index in [1.807, 2.05) is 0 Å². The summed E-state index contributed by atoms with van der Waals surface area (Å²) in [7, 11) is 0. The average molecular weight is 355 g/mol. The van der Waals surface area contributed by atoms with Gasteiger partial charge < -0.3 is 8.98 Å². The molecule has 4 nitrogen and oxygen atoms in total. The monoisotopic (exact) mass is 354 g/mol. The van der Waals surface area contributed by atoms with Gasteiger partial charge in [-0.2, -0.15) is 0 Å². The minimum Gasteiger partial charge on any atom is -0.443 e. The van der Waals surface area contributed by atoms with Gasteiger partial charge >= 0.3 is 0 Å². The zero-order chi connectivity index (χ0) is 17.4. The van der Waals surface area contributed by atoms with E-state index in [1.165, 1.54) is 12.3 Å². The molecule has 3 aromatic rings. The van der Waals surface area contributed by atoms with Gasteiger partial charge in [-0.15, -0.1) is 0 Å². The molecular weight excluding hydrogens is 345 g/mol. The molecule has 0 atom stereocenters. The fraction of sp³-hybridized carbons (Fsp3) is 0.125. The predicted octanol–water partition coefficient (Wildman–Crippen LogP) is 4.26. The van der Waals surface area contributed by atoms with Crippen LogP contribution in [0.4, 0.5) is 13.2 Å². The fourth-order valence-electron chi connectivity index (χ4n) is 2.51. The highest BCUT2D eigenvalue weighted by molar-refractivity contribution is 6.30. The second kappa shape index (κ2) is 6.16. The van der Waals surface area contributed by atoms with Crippen molar-refractivity contribution in [2.75, 3.05) is 0 Å². The van der Waals surface area contributed by atoms with Gasteiger partial charge in [0.1, 0.15) is 22.5 Å². The largest absolute Gasteiger partial charge is 0.443 e. The standard InChI is InChI=1S/C16H10ClF3N2O2/c1-2-22-15(14-11(19)3-8(18)4-12(14)20)9(5-10(17)16(22)23)13-6-21-7-24-13/h3-7H,2H2,1H3. The Kier molecular flexibility index (Phi) is 4.19. The molecule has 0 aliphatic rings. The Balaban J connectivity index is 2.47. The highest BCUT2D eigenvalue weighted by Gasteiger charge is 2.24.